The molecule has 1 aliphatic rings. The van der Waals surface area contributed by atoms with E-state index < -0.39 is 0 Å². The minimum Gasteiger partial charge on any atom is -0.383 e. The number of nitrogens with two attached hydrogens (primary N) is 1. The predicted octanol–water partition coefficient (Wildman–Crippen LogP) is 4.31. The molecule has 0 radical (unpaired) electrons. The highest BCUT2D eigenvalue weighted by Gasteiger charge is 2.27. The van der Waals surface area contributed by atoms with Gasteiger partial charge in [-0.15, -0.1) is 0 Å². The highest BCUT2D eigenvalue weighted by Crippen LogP contribution is 2.39. The standard InChI is InChI=1S/C15H24BrN3/c1-4-10-5-6-11(8-10)15-18-12(7-9(2)3)13(16)14(17)19-15/h9-11H,4-8H2,1-3H3,(H2,17,18,19). The van der Waals surface area contributed by atoms with Crippen LogP contribution in [0.25, 0.3) is 0 Å². The molecule has 2 atom stereocenters. The van der Waals surface area contributed by atoms with E-state index in [2.05, 4.69) is 41.7 Å². The van der Waals surface area contributed by atoms with Gasteiger partial charge < -0.3 is 5.73 Å². The lowest BCUT2D eigenvalue weighted by molar-refractivity contribution is 0.515. The van der Waals surface area contributed by atoms with E-state index in [0.717, 1.165) is 28.3 Å². The maximum absolute atomic E-state index is 6.03. The maximum atomic E-state index is 6.03. The lowest BCUT2D eigenvalue weighted by Gasteiger charge is -2.14. The molecule has 0 saturated heterocycles. The zero-order chi connectivity index (χ0) is 14.0. The number of hydrogen-bond donors (Lipinski definition) is 1. The number of halogens is 1. The number of anilines is 1. The third-order valence-electron chi connectivity index (χ3n) is 4.05. The summed E-state index contributed by atoms with van der Waals surface area (Å²) in [6.07, 6.45) is 5.95. The van der Waals surface area contributed by atoms with Crippen LogP contribution in [0.5, 0.6) is 0 Å². The summed E-state index contributed by atoms with van der Waals surface area (Å²) in [5.41, 5.74) is 7.10. The van der Waals surface area contributed by atoms with Crippen LogP contribution in [0, 0.1) is 11.8 Å². The number of hydrogen-bond acceptors (Lipinski definition) is 3. The molecule has 0 bridgehead atoms. The van der Waals surface area contributed by atoms with E-state index in [1.165, 1.54) is 25.7 Å². The highest BCUT2D eigenvalue weighted by atomic mass is 79.9. The van der Waals surface area contributed by atoms with Crippen molar-refractivity contribution >= 4 is 21.7 Å². The van der Waals surface area contributed by atoms with Crippen LogP contribution in [-0.2, 0) is 6.42 Å². The molecule has 19 heavy (non-hydrogen) atoms. The molecule has 0 aromatic carbocycles. The minimum atomic E-state index is 0.506. The van der Waals surface area contributed by atoms with Gasteiger partial charge in [0.1, 0.15) is 11.6 Å². The van der Waals surface area contributed by atoms with Crippen molar-refractivity contribution in [3.8, 4) is 0 Å². The van der Waals surface area contributed by atoms with Gasteiger partial charge >= 0.3 is 0 Å². The molecule has 1 heterocycles. The Balaban J connectivity index is 2.24. The molecule has 1 fully saturated rings. The summed E-state index contributed by atoms with van der Waals surface area (Å²) in [5, 5.41) is 0. The van der Waals surface area contributed by atoms with Gasteiger partial charge in [-0.05, 0) is 53.4 Å². The molecule has 1 aromatic heterocycles. The van der Waals surface area contributed by atoms with Crippen molar-refractivity contribution in [3.63, 3.8) is 0 Å². The lowest BCUT2D eigenvalue weighted by atomic mass is 10.0. The molecule has 3 nitrogen and oxygen atoms in total. The molecular weight excluding hydrogens is 302 g/mol. The summed E-state index contributed by atoms with van der Waals surface area (Å²) in [5.74, 6) is 3.48. The Morgan fingerprint density at radius 1 is 1.32 bits per heavy atom. The molecule has 4 heteroatoms. The van der Waals surface area contributed by atoms with Crippen molar-refractivity contribution in [2.45, 2.75) is 58.8 Å². The van der Waals surface area contributed by atoms with E-state index in [-0.39, 0.29) is 0 Å². The van der Waals surface area contributed by atoms with Crippen molar-refractivity contribution in [1.82, 2.24) is 9.97 Å². The molecule has 2 N–H and O–H groups in total. The van der Waals surface area contributed by atoms with Gasteiger partial charge in [-0.25, -0.2) is 9.97 Å². The second kappa shape index (κ2) is 6.21. The van der Waals surface area contributed by atoms with Crippen LogP contribution in [0.3, 0.4) is 0 Å². The van der Waals surface area contributed by atoms with Gasteiger partial charge in [0.25, 0.3) is 0 Å². The summed E-state index contributed by atoms with van der Waals surface area (Å²) in [4.78, 5) is 9.30. The first kappa shape index (κ1) is 14.8. The molecule has 1 aromatic rings. The zero-order valence-corrected chi connectivity index (χ0v) is 13.7. The van der Waals surface area contributed by atoms with Gasteiger partial charge in [0.2, 0.25) is 0 Å². The van der Waals surface area contributed by atoms with Crippen molar-refractivity contribution in [2.24, 2.45) is 11.8 Å². The van der Waals surface area contributed by atoms with E-state index in [1.54, 1.807) is 0 Å². The topological polar surface area (TPSA) is 51.8 Å². The van der Waals surface area contributed by atoms with E-state index >= 15 is 0 Å². The molecule has 2 rings (SSSR count). The van der Waals surface area contributed by atoms with Crippen molar-refractivity contribution in [3.05, 3.63) is 16.0 Å². The molecule has 106 valence electrons. The van der Waals surface area contributed by atoms with Crippen molar-refractivity contribution < 1.29 is 0 Å². The Morgan fingerprint density at radius 2 is 2.05 bits per heavy atom. The predicted molar refractivity (Wildman–Crippen MR) is 83.1 cm³/mol. The molecule has 0 spiro atoms. The number of nitrogen functional groups attached to an aromatic ring is 1. The quantitative estimate of drug-likeness (QED) is 0.897. The molecule has 0 aliphatic heterocycles. The van der Waals surface area contributed by atoms with E-state index in [4.69, 9.17) is 10.7 Å². The van der Waals surface area contributed by atoms with Crippen molar-refractivity contribution in [1.29, 1.82) is 0 Å². The van der Waals surface area contributed by atoms with Crippen molar-refractivity contribution in [2.75, 3.05) is 5.73 Å². The summed E-state index contributed by atoms with van der Waals surface area (Å²) in [6.45, 7) is 6.67. The molecule has 1 saturated carbocycles. The van der Waals surface area contributed by atoms with Gasteiger partial charge in [-0.1, -0.05) is 27.2 Å². The second-order valence-electron chi connectivity index (χ2n) is 6.11. The Bertz CT molecular complexity index is 445. The first-order valence-electron chi connectivity index (χ1n) is 7.33. The van der Waals surface area contributed by atoms with E-state index in [9.17, 15) is 0 Å². The summed E-state index contributed by atoms with van der Waals surface area (Å²) >= 11 is 3.53. The van der Waals surface area contributed by atoms with Crippen LogP contribution in [0.1, 0.15) is 63.9 Å². The largest absolute Gasteiger partial charge is 0.383 e. The Kier molecular flexibility index (Phi) is 4.82. The number of aromatic nitrogens is 2. The Morgan fingerprint density at radius 3 is 2.63 bits per heavy atom. The maximum Gasteiger partial charge on any atom is 0.141 e. The summed E-state index contributed by atoms with van der Waals surface area (Å²) < 4.78 is 0.884. The number of rotatable bonds is 4. The monoisotopic (exact) mass is 325 g/mol. The Hall–Kier alpha value is -0.640. The average Bonchev–Trinajstić information content (AvgIpc) is 2.82. The van der Waals surface area contributed by atoms with Gasteiger partial charge in [0, 0.05) is 5.92 Å². The van der Waals surface area contributed by atoms with E-state index in [0.29, 0.717) is 17.7 Å². The van der Waals surface area contributed by atoms with Crippen LogP contribution >= 0.6 is 15.9 Å². The average molecular weight is 326 g/mol. The Labute approximate surface area is 124 Å². The SMILES string of the molecule is CCC1CCC(c2nc(N)c(Br)c(CC(C)C)n2)C1. The first-order valence-corrected chi connectivity index (χ1v) is 8.12. The summed E-state index contributed by atoms with van der Waals surface area (Å²) in [6, 6.07) is 0. The third kappa shape index (κ3) is 3.47. The second-order valence-corrected chi connectivity index (χ2v) is 6.90. The summed E-state index contributed by atoms with van der Waals surface area (Å²) in [7, 11) is 0. The minimum absolute atomic E-state index is 0.506. The molecule has 1 aliphatic carbocycles. The van der Waals surface area contributed by atoms with Gasteiger partial charge in [-0.3, -0.25) is 0 Å². The smallest absolute Gasteiger partial charge is 0.141 e. The van der Waals surface area contributed by atoms with Crippen LogP contribution < -0.4 is 5.73 Å². The lowest BCUT2D eigenvalue weighted by Crippen LogP contribution is -2.10. The normalized spacial score (nSPS) is 23.2. The van der Waals surface area contributed by atoms with Gasteiger partial charge in [-0.2, -0.15) is 0 Å². The molecule has 0 amide bonds. The third-order valence-corrected chi connectivity index (χ3v) is 4.91. The zero-order valence-electron chi connectivity index (χ0n) is 12.1. The number of nitrogens with zero attached hydrogens (tertiary/aromatic N) is 2. The van der Waals surface area contributed by atoms with Gasteiger partial charge in [0.05, 0.1) is 10.2 Å². The fraction of sp³-hybridized carbons (Fsp3) is 0.733. The van der Waals surface area contributed by atoms with Crippen LogP contribution in [0.15, 0.2) is 4.47 Å². The van der Waals surface area contributed by atoms with Gasteiger partial charge in [0.15, 0.2) is 0 Å². The first-order chi connectivity index (χ1) is 9.01. The fourth-order valence-corrected chi connectivity index (χ4v) is 3.26. The van der Waals surface area contributed by atoms with Crippen LogP contribution in [-0.4, -0.2) is 9.97 Å². The fourth-order valence-electron chi connectivity index (χ4n) is 2.92. The molecular formula is C15H24BrN3. The molecule has 2 unspecified atom stereocenters. The van der Waals surface area contributed by atoms with Crippen LogP contribution in [0.4, 0.5) is 5.82 Å². The van der Waals surface area contributed by atoms with Crippen LogP contribution in [0.2, 0.25) is 0 Å². The highest BCUT2D eigenvalue weighted by molar-refractivity contribution is 9.10. The van der Waals surface area contributed by atoms with E-state index in [1.807, 2.05) is 0 Å².